The first-order valence-corrected chi connectivity index (χ1v) is 12.1. The summed E-state index contributed by atoms with van der Waals surface area (Å²) in [7, 11) is 1.38. The smallest absolute Gasteiger partial charge is 0.409 e. The van der Waals surface area contributed by atoms with Crippen molar-refractivity contribution in [3.63, 3.8) is 0 Å². The van der Waals surface area contributed by atoms with Gasteiger partial charge in [-0.05, 0) is 30.3 Å². The zero-order chi connectivity index (χ0) is 26.1. The number of carbonyl (C=O) groups excluding carboxylic acids is 1. The average Bonchev–Trinajstić information content (AvgIpc) is 3.34. The van der Waals surface area contributed by atoms with Crippen molar-refractivity contribution in [2.45, 2.75) is 6.23 Å². The second-order valence-electron chi connectivity index (χ2n) is 8.29. The fourth-order valence-corrected chi connectivity index (χ4v) is 4.73. The highest BCUT2D eigenvalue weighted by molar-refractivity contribution is 6.35. The quantitative estimate of drug-likeness (QED) is 0.279. The Balaban J connectivity index is 1.34. The first kappa shape index (κ1) is 25.0. The Hall–Kier alpha value is -3.67. The third kappa shape index (κ3) is 4.97. The molecular formula is C24H22Cl2FN7O3. The number of aromatic nitrogens is 4. The third-order valence-electron chi connectivity index (χ3n) is 6.11. The van der Waals surface area contributed by atoms with Crippen molar-refractivity contribution in [1.82, 2.24) is 25.1 Å². The van der Waals surface area contributed by atoms with Gasteiger partial charge in [0.05, 0.1) is 23.2 Å². The minimum atomic E-state index is -1.12. The molecule has 10 nitrogen and oxygen atoms in total. The van der Waals surface area contributed by atoms with Gasteiger partial charge in [0, 0.05) is 49.5 Å². The summed E-state index contributed by atoms with van der Waals surface area (Å²) in [6.07, 6.45) is 1.44. The van der Waals surface area contributed by atoms with Crippen molar-refractivity contribution < 1.29 is 18.7 Å². The van der Waals surface area contributed by atoms with Crippen LogP contribution >= 0.6 is 23.2 Å². The van der Waals surface area contributed by atoms with E-state index >= 15 is 0 Å². The summed E-state index contributed by atoms with van der Waals surface area (Å²) in [4.78, 5) is 23.6. The fraction of sp³-hybridized carbons (Fsp3) is 0.250. The molecule has 1 saturated heterocycles. The molecule has 1 aromatic carbocycles. The summed E-state index contributed by atoms with van der Waals surface area (Å²) in [5.41, 5.74) is 8.50. The summed E-state index contributed by atoms with van der Waals surface area (Å²) in [6, 6.07) is 9.13. The van der Waals surface area contributed by atoms with Gasteiger partial charge in [0.1, 0.15) is 22.3 Å². The molecule has 0 aliphatic carbocycles. The van der Waals surface area contributed by atoms with Gasteiger partial charge in [-0.1, -0.05) is 23.2 Å². The second kappa shape index (κ2) is 10.4. The van der Waals surface area contributed by atoms with E-state index in [0.717, 1.165) is 28.5 Å². The van der Waals surface area contributed by atoms with Crippen LogP contribution in [0, 0.1) is 5.95 Å². The molecule has 1 atom stereocenters. The first-order chi connectivity index (χ1) is 17.9. The zero-order valence-electron chi connectivity index (χ0n) is 19.6. The molecule has 13 heteroatoms. The van der Waals surface area contributed by atoms with Gasteiger partial charge >= 0.3 is 6.09 Å². The van der Waals surface area contributed by atoms with Crippen molar-refractivity contribution in [3.05, 3.63) is 64.3 Å². The minimum Gasteiger partial charge on any atom is -0.471 e. The number of anilines is 1. The molecule has 192 valence electrons. The number of nitrogens with two attached hydrogens (primary N) is 1. The van der Waals surface area contributed by atoms with Crippen LogP contribution in [0.3, 0.4) is 0 Å². The molecule has 0 bridgehead atoms. The van der Waals surface area contributed by atoms with Gasteiger partial charge in [0.25, 0.3) is 0 Å². The van der Waals surface area contributed by atoms with Gasteiger partial charge in [-0.3, -0.25) is 10.8 Å². The lowest BCUT2D eigenvalue weighted by molar-refractivity contribution is 0.121. The molecule has 37 heavy (non-hydrogen) atoms. The lowest BCUT2D eigenvalue weighted by Crippen LogP contribution is -2.49. The van der Waals surface area contributed by atoms with Gasteiger partial charge in [0.2, 0.25) is 5.95 Å². The standard InChI is InChI=1S/C24H22Cl2FN7O3/c1-36-24(35)34-8-6-33(7-9-34)18-5-2-13(11-29-18)21-15-10-14(3-4-17(15)31-32-21)37-23(28)19-16(25)12-30-22(27)20(19)26/h2-5,10-12,23H,6-9,28H2,1H3,(H,31,32)/t23-/m0/s1. The van der Waals surface area contributed by atoms with Gasteiger partial charge in [0.15, 0.2) is 6.23 Å². The molecule has 1 amide bonds. The molecule has 4 aromatic rings. The second-order valence-corrected chi connectivity index (χ2v) is 9.08. The van der Waals surface area contributed by atoms with E-state index in [4.69, 9.17) is 38.4 Å². The SMILES string of the molecule is COC(=O)N1CCN(c2ccc(-c3n[nH]c4ccc(O[C@H](N)c5c(Cl)cnc(F)c5Cl)cc34)cn2)CC1. The number of amides is 1. The Morgan fingerprint density at radius 1 is 1.14 bits per heavy atom. The lowest BCUT2D eigenvalue weighted by atomic mass is 10.1. The number of nitrogens with one attached hydrogen (secondary N) is 1. The zero-order valence-corrected chi connectivity index (χ0v) is 21.1. The summed E-state index contributed by atoms with van der Waals surface area (Å²) < 4.78 is 24.4. The molecule has 4 heterocycles. The van der Waals surface area contributed by atoms with E-state index in [1.54, 1.807) is 29.3 Å². The van der Waals surface area contributed by atoms with Crippen LogP contribution in [0.2, 0.25) is 10.0 Å². The van der Waals surface area contributed by atoms with Crippen molar-refractivity contribution in [3.8, 4) is 17.0 Å². The Bertz CT molecular complexity index is 1440. The van der Waals surface area contributed by atoms with Gasteiger partial charge in [-0.15, -0.1) is 0 Å². The van der Waals surface area contributed by atoms with Gasteiger partial charge in [-0.25, -0.2) is 14.8 Å². The maximum atomic E-state index is 13.8. The molecule has 0 saturated carbocycles. The van der Waals surface area contributed by atoms with E-state index in [1.807, 2.05) is 12.1 Å². The maximum absolute atomic E-state index is 13.8. The molecule has 3 N–H and O–H groups in total. The van der Waals surface area contributed by atoms with Crippen molar-refractivity contribution >= 4 is 46.0 Å². The number of fused-ring (bicyclic) bond motifs is 1. The predicted molar refractivity (Wildman–Crippen MR) is 137 cm³/mol. The van der Waals surface area contributed by atoms with Crippen LogP contribution in [-0.4, -0.2) is 64.4 Å². The summed E-state index contributed by atoms with van der Waals surface area (Å²) in [5, 5.41) is 8.03. The number of ether oxygens (including phenoxy) is 2. The van der Waals surface area contributed by atoms with Crippen LogP contribution < -0.4 is 15.4 Å². The highest BCUT2D eigenvalue weighted by Gasteiger charge is 2.23. The average molecular weight is 546 g/mol. The van der Waals surface area contributed by atoms with Crippen molar-refractivity contribution in [2.75, 3.05) is 38.2 Å². The normalized spacial score (nSPS) is 14.6. The number of aromatic amines is 1. The van der Waals surface area contributed by atoms with Crippen LogP contribution in [0.15, 0.2) is 42.7 Å². The van der Waals surface area contributed by atoms with Crippen LogP contribution in [0.4, 0.5) is 15.0 Å². The highest BCUT2D eigenvalue weighted by Crippen LogP contribution is 2.34. The number of pyridine rings is 2. The number of methoxy groups -OCH3 is 1. The lowest BCUT2D eigenvalue weighted by Gasteiger charge is -2.34. The van der Waals surface area contributed by atoms with E-state index in [1.165, 1.54) is 7.11 Å². The number of carbonyl (C=O) groups is 1. The van der Waals surface area contributed by atoms with Crippen molar-refractivity contribution in [2.24, 2.45) is 5.73 Å². The fourth-order valence-electron chi connectivity index (χ4n) is 4.17. The molecule has 1 aliphatic heterocycles. The monoisotopic (exact) mass is 545 g/mol. The molecule has 1 fully saturated rings. The van der Waals surface area contributed by atoms with Gasteiger partial charge in [-0.2, -0.15) is 9.49 Å². The highest BCUT2D eigenvalue weighted by atomic mass is 35.5. The Kier molecular flexibility index (Phi) is 7.00. The van der Waals surface area contributed by atoms with E-state index in [-0.39, 0.29) is 21.7 Å². The molecule has 0 unspecified atom stereocenters. The minimum absolute atomic E-state index is 0.0989. The van der Waals surface area contributed by atoms with E-state index < -0.39 is 12.2 Å². The Morgan fingerprint density at radius 2 is 1.92 bits per heavy atom. The van der Waals surface area contributed by atoms with Crippen LogP contribution in [-0.2, 0) is 4.74 Å². The van der Waals surface area contributed by atoms with Gasteiger partial charge < -0.3 is 19.3 Å². The number of rotatable bonds is 5. The summed E-state index contributed by atoms with van der Waals surface area (Å²) >= 11 is 12.1. The van der Waals surface area contributed by atoms with Crippen LogP contribution in [0.5, 0.6) is 5.75 Å². The van der Waals surface area contributed by atoms with Crippen molar-refractivity contribution in [1.29, 1.82) is 0 Å². The number of H-pyrrole nitrogens is 1. The molecule has 0 spiro atoms. The largest absolute Gasteiger partial charge is 0.471 e. The predicted octanol–water partition coefficient (Wildman–Crippen LogP) is 4.39. The summed E-state index contributed by atoms with van der Waals surface area (Å²) in [5.74, 6) is 0.343. The van der Waals surface area contributed by atoms with Crippen LogP contribution in [0.25, 0.3) is 22.2 Å². The maximum Gasteiger partial charge on any atom is 0.409 e. The molecule has 1 aliphatic rings. The number of piperazine rings is 1. The Labute approximate surface area is 221 Å². The summed E-state index contributed by atoms with van der Waals surface area (Å²) in [6.45, 7) is 2.44. The third-order valence-corrected chi connectivity index (χ3v) is 6.77. The van der Waals surface area contributed by atoms with Crippen LogP contribution in [0.1, 0.15) is 11.8 Å². The molecular weight excluding hydrogens is 524 g/mol. The molecule has 3 aromatic heterocycles. The molecule has 0 radical (unpaired) electrons. The number of hydrogen-bond donors (Lipinski definition) is 2. The number of nitrogens with zero attached hydrogens (tertiary/aromatic N) is 5. The van der Waals surface area contributed by atoms with E-state index in [0.29, 0.717) is 37.6 Å². The van der Waals surface area contributed by atoms with E-state index in [2.05, 4.69) is 25.1 Å². The number of hydrogen-bond acceptors (Lipinski definition) is 8. The number of halogens is 3. The first-order valence-electron chi connectivity index (χ1n) is 11.3. The topological polar surface area (TPSA) is 122 Å². The van der Waals surface area contributed by atoms with E-state index in [9.17, 15) is 9.18 Å². The molecule has 5 rings (SSSR count). The Morgan fingerprint density at radius 3 is 2.62 bits per heavy atom. The number of benzene rings is 1.